The molecule has 1 amide bonds. The van der Waals surface area contributed by atoms with Crippen LogP contribution in [0.25, 0.3) is 21.9 Å². The van der Waals surface area contributed by atoms with Crippen LogP contribution in [0.15, 0.2) is 65.1 Å². The minimum absolute atomic E-state index is 0.0811. The Morgan fingerprint density at radius 3 is 2.59 bits per heavy atom. The van der Waals surface area contributed by atoms with Crippen molar-refractivity contribution in [2.45, 2.75) is 0 Å². The van der Waals surface area contributed by atoms with Gasteiger partial charge in [0.25, 0.3) is 11.6 Å². The summed E-state index contributed by atoms with van der Waals surface area (Å²) in [7, 11) is 1.49. The number of anilines is 1. The van der Waals surface area contributed by atoms with Gasteiger partial charge in [-0.15, -0.1) is 0 Å². The average Bonchev–Trinajstić information content (AvgIpc) is 3.06. The quantitative estimate of drug-likeness (QED) is 0.417. The van der Waals surface area contributed by atoms with E-state index < -0.39 is 4.92 Å². The molecule has 4 rings (SSSR count). The van der Waals surface area contributed by atoms with Crippen molar-refractivity contribution in [3.63, 3.8) is 0 Å². The molecule has 0 aliphatic rings. The Morgan fingerprint density at radius 2 is 1.89 bits per heavy atom. The van der Waals surface area contributed by atoms with E-state index in [1.54, 1.807) is 24.3 Å². The third-order valence-corrected chi connectivity index (χ3v) is 4.27. The first-order valence-corrected chi connectivity index (χ1v) is 8.12. The van der Waals surface area contributed by atoms with Crippen LogP contribution < -0.4 is 10.1 Å². The highest BCUT2D eigenvalue weighted by atomic mass is 16.6. The molecule has 0 aliphatic heterocycles. The van der Waals surface area contributed by atoms with Crippen molar-refractivity contribution in [2.75, 3.05) is 12.4 Å². The Labute approximate surface area is 153 Å². The van der Waals surface area contributed by atoms with Crippen LogP contribution in [-0.2, 0) is 0 Å². The first-order valence-electron chi connectivity index (χ1n) is 8.12. The van der Waals surface area contributed by atoms with Crippen molar-refractivity contribution in [3.8, 4) is 5.75 Å². The predicted octanol–water partition coefficient (Wildman–Crippen LogP) is 4.76. The molecule has 7 nitrogen and oxygen atoms in total. The van der Waals surface area contributed by atoms with Gasteiger partial charge in [-0.25, -0.2) is 0 Å². The van der Waals surface area contributed by atoms with Crippen LogP contribution in [0, 0.1) is 10.1 Å². The number of benzene rings is 3. The maximum atomic E-state index is 12.9. The van der Waals surface area contributed by atoms with Crippen molar-refractivity contribution >= 4 is 39.2 Å². The summed E-state index contributed by atoms with van der Waals surface area (Å²) < 4.78 is 11.2. The van der Waals surface area contributed by atoms with Crippen molar-refractivity contribution in [2.24, 2.45) is 0 Å². The Morgan fingerprint density at radius 1 is 1.11 bits per heavy atom. The summed E-state index contributed by atoms with van der Waals surface area (Å²) in [5, 5.41) is 14.9. The molecular formula is C20H14N2O5. The first-order chi connectivity index (χ1) is 13.1. The average molecular weight is 362 g/mol. The van der Waals surface area contributed by atoms with Gasteiger partial charge in [-0.2, -0.15) is 0 Å². The highest BCUT2D eigenvalue weighted by Crippen LogP contribution is 2.38. The molecule has 0 radical (unpaired) electrons. The van der Waals surface area contributed by atoms with Gasteiger partial charge in [-0.05, 0) is 30.3 Å². The number of amides is 1. The number of nitro groups is 1. The zero-order valence-corrected chi connectivity index (χ0v) is 14.3. The minimum atomic E-state index is -0.484. The maximum absolute atomic E-state index is 12.9. The highest BCUT2D eigenvalue weighted by Gasteiger charge is 2.21. The van der Waals surface area contributed by atoms with E-state index >= 15 is 0 Å². The molecule has 0 aliphatic carbocycles. The SMILES string of the molecule is COc1ccc(C(=O)Nc2ccccc2)c2c1oc1ccc([N+](=O)[O-])cc12. The second kappa shape index (κ2) is 6.45. The lowest BCUT2D eigenvalue weighted by molar-refractivity contribution is -0.384. The topological polar surface area (TPSA) is 94.6 Å². The van der Waals surface area contributed by atoms with E-state index in [0.29, 0.717) is 38.9 Å². The van der Waals surface area contributed by atoms with Crippen LogP contribution in [0.3, 0.4) is 0 Å². The molecule has 134 valence electrons. The van der Waals surface area contributed by atoms with Crippen LogP contribution in [-0.4, -0.2) is 17.9 Å². The summed E-state index contributed by atoms with van der Waals surface area (Å²) in [6.07, 6.45) is 0. The molecule has 0 fully saturated rings. The summed E-state index contributed by atoms with van der Waals surface area (Å²) in [4.78, 5) is 23.5. The molecule has 0 saturated carbocycles. The molecule has 0 spiro atoms. The molecule has 27 heavy (non-hydrogen) atoms. The van der Waals surface area contributed by atoms with E-state index in [-0.39, 0.29) is 11.6 Å². The molecule has 0 bridgehead atoms. The van der Waals surface area contributed by atoms with E-state index in [2.05, 4.69) is 5.32 Å². The summed E-state index contributed by atoms with van der Waals surface area (Å²) in [5.41, 5.74) is 1.71. The lowest BCUT2D eigenvalue weighted by Crippen LogP contribution is -2.12. The van der Waals surface area contributed by atoms with E-state index in [1.807, 2.05) is 18.2 Å². The number of carbonyl (C=O) groups is 1. The van der Waals surface area contributed by atoms with Gasteiger partial charge in [0.15, 0.2) is 11.3 Å². The number of para-hydroxylation sites is 1. The number of carbonyl (C=O) groups excluding carboxylic acids is 1. The molecule has 1 N–H and O–H groups in total. The number of non-ortho nitro benzene ring substituents is 1. The second-order valence-corrected chi connectivity index (χ2v) is 5.88. The van der Waals surface area contributed by atoms with Gasteiger partial charge >= 0.3 is 0 Å². The van der Waals surface area contributed by atoms with E-state index in [4.69, 9.17) is 9.15 Å². The molecule has 3 aromatic carbocycles. The summed E-state index contributed by atoms with van der Waals surface area (Å²) >= 11 is 0. The normalized spacial score (nSPS) is 10.9. The van der Waals surface area contributed by atoms with Crippen molar-refractivity contribution in [3.05, 3.63) is 76.3 Å². The monoisotopic (exact) mass is 362 g/mol. The van der Waals surface area contributed by atoms with E-state index in [0.717, 1.165) is 0 Å². The van der Waals surface area contributed by atoms with Gasteiger partial charge in [-0.1, -0.05) is 18.2 Å². The molecule has 0 unspecified atom stereocenters. The Balaban J connectivity index is 1.94. The summed E-state index contributed by atoms with van der Waals surface area (Å²) in [5.74, 6) is 0.100. The zero-order valence-electron chi connectivity index (χ0n) is 14.3. The fourth-order valence-corrected chi connectivity index (χ4v) is 3.03. The van der Waals surface area contributed by atoms with Crippen LogP contribution in [0.4, 0.5) is 11.4 Å². The minimum Gasteiger partial charge on any atom is -0.493 e. The van der Waals surface area contributed by atoms with Gasteiger partial charge in [0.05, 0.1) is 17.6 Å². The molecular weight excluding hydrogens is 348 g/mol. The number of methoxy groups -OCH3 is 1. The van der Waals surface area contributed by atoms with Crippen molar-refractivity contribution < 1.29 is 18.9 Å². The number of hydrogen-bond donors (Lipinski definition) is 1. The van der Waals surface area contributed by atoms with E-state index in [9.17, 15) is 14.9 Å². The lowest BCUT2D eigenvalue weighted by Gasteiger charge is -2.08. The van der Waals surface area contributed by atoms with Gasteiger partial charge in [0.1, 0.15) is 5.58 Å². The molecule has 4 aromatic rings. The maximum Gasteiger partial charge on any atom is 0.270 e. The lowest BCUT2D eigenvalue weighted by atomic mass is 10.0. The number of rotatable bonds is 4. The largest absolute Gasteiger partial charge is 0.493 e. The molecule has 0 atom stereocenters. The van der Waals surface area contributed by atoms with Crippen LogP contribution in [0.2, 0.25) is 0 Å². The smallest absolute Gasteiger partial charge is 0.270 e. The fourth-order valence-electron chi connectivity index (χ4n) is 3.03. The van der Waals surface area contributed by atoms with Crippen LogP contribution >= 0.6 is 0 Å². The number of ether oxygens (including phenoxy) is 1. The second-order valence-electron chi connectivity index (χ2n) is 5.88. The van der Waals surface area contributed by atoms with E-state index in [1.165, 1.54) is 25.3 Å². The predicted molar refractivity (Wildman–Crippen MR) is 101 cm³/mol. The van der Waals surface area contributed by atoms with Gasteiger partial charge in [0, 0.05) is 28.6 Å². The number of nitro benzene ring substituents is 1. The van der Waals surface area contributed by atoms with Crippen molar-refractivity contribution in [1.82, 2.24) is 0 Å². The molecule has 1 heterocycles. The summed E-state index contributed by atoms with van der Waals surface area (Å²) in [6.45, 7) is 0. The Hall–Kier alpha value is -3.87. The fraction of sp³-hybridized carbons (Fsp3) is 0.0500. The number of nitrogens with one attached hydrogen (secondary N) is 1. The van der Waals surface area contributed by atoms with Gasteiger partial charge in [0.2, 0.25) is 0 Å². The standard InChI is InChI=1S/C20H14N2O5/c1-26-17-10-8-14(20(23)21-12-5-3-2-4-6-12)18-15-11-13(22(24)25)7-9-16(15)27-19(17)18/h2-11H,1H3,(H,21,23). The van der Waals surface area contributed by atoms with Gasteiger partial charge < -0.3 is 14.5 Å². The third-order valence-electron chi connectivity index (χ3n) is 4.27. The summed E-state index contributed by atoms with van der Waals surface area (Å²) in [6, 6.07) is 16.6. The van der Waals surface area contributed by atoms with Crippen LogP contribution in [0.1, 0.15) is 10.4 Å². The zero-order chi connectivity index (χ0) is 19.0. The van der Waals surface area contributed by atoms with Gasteiger partial charge in [-0.3, -0.25) is 14.9 Å². The molecule has 0 saturated heterocycles. The van der Waals surface area contributed by atoms with Crippen LogP contribution in [0.5, 0.6) is 5.75 Å². The Kier molecular flexibility index (Phi) is 3.97. The molecule has 1 aromatic heterocycles. The first kappa shape index (κ1) is 16.6. The number of hydrogen-bond acceptors (Lipinski definition) is 5. The highest BCUT2D eigenvalue weighted by molar-refractivity contribution is 6.20. The number of fused-ring (bicyclic) bond motifs is 3. The Bertz CT molecular complexity index is 1180. The molecule has 7 heteroatoms. The third kappa shape index (κ3) is 2.85. The number of furan rings is 1. The van der Waals surface area contributed by atoms with Crippen molar-refractivity contribution in [1.29, 1.82) is 0 Å². The number of nitrogens with zero attached hydrogens (tertiary/aromatic N) is 1.